The molecule has 0 spiro atoms. The number of hydrogen-bond acceptors (Lipinski definition) is 4. The number of nitrogens with zero attached hydrogens (tertiary/aromatic N) is 1. The van der Waals surface area contributed by atoms with Crippen LogP contribution in [0.5, 0.6) is 0 Å². The van der Waals surface area contributed by atoms with Gasteiger partial charge in [-0.15, -0.1) is 24.8 Å². The highest BCUT2D eigenvalue weighted by atomic mass is 35.5. The van der Waals surface area contributed by atoms with E-state index < -0.39 is 10.0 Å². The minimum atomic E-state index is -3.86. The van der Waals surface area contributed by atoms with E-state index in [2.05, 4.69) is 4.90 Å². The van der Waals surface area contributed by atoms with Crippen LogP contribution >= 0.6 is 24.8 Å². The molecule has 0 aromatic heterocycles. The first kappa shape index (κ1) is 29.2. The molecular weight excluding hydrogens is 463 g/mol. The summed E-state index contributed by atoms with van der Waals surface area (Å²) < 4.78 is 30.0. The molecule has 1 saturated heterocycles. The summed E-state index contributed by atoms with van der Waals surface area (Å²) in [6.07, 6.45) is 0. The topological polar surface area (TPSA) is 136 Å². The number of morpholine rings is 1. The Labute approximate surface area is 194 Å². The molecule has 3 aromatic rings. The van der Waals surface area contributed by atoms with E-state index >= 15 is 0 Å². The van der Waals surface area contributed by atoms with Gasteiger partial charge >= 0.3 is 0 Å². The zero-order chi connectivity index (χ0) is 18.9. The van der Waals surface area contributed by atoms with Crippen molar-refractivity contribution in [2.24, 2.45) is 5.14 Å². The first-order valence-corrected chi connectivity index (χ1v) is 10.5. The first-order chi connectivity index (χ1) is 13.0. The number of rotatable bonds is 4. The molecule has 31 heavy (non-hydrogen) atoms. The summed E-state index contributed by atoms with van der Waals surface area (Å²) in [6, 6.07) is 19.2. The Hall–Kier alpha value is -1.75. The monoisotopic (exact) mass is 490 g/mol. The third-order valence-corrected chi connectivity index (χ3v) is 5.95. The van der Waals surface area contributed by atoms with Crippen LogP contribution in [0.25, 0.3) is 21.9 Å². The van der Waals surface area contributed by atoms with Gasteiger partial charge in [-0.2, -0.15) is 0 Å². The molecule has 6 N–H and O–H groups in total. The molecule has 1 aliphatic rings. The van der Waals surface area contributed by atoms with E-state index in [-0.39, 0.29) is 40.7 Å². The Bertz CT molecular complexity index is 1070. The highest BCUT2D eigenvalue weighted by Gasteiger charge is 2.19. The lowest BCUT2D eigenvalue weighted by Gasteiger charge is -2.26. The Morgan fingerprint density at radius 3 is 2.10 bits per heavy atom. The minimum absolute atomic E-state index is 0. The lowest BCUT2D eigenvalue weighted by Crippen LogP contribution is -2.35. The fourth-order valence-corrected chi connectivity index (χ4v) is 4.57. The molecule has 0 saturated carbocycles. The summed E-state index contributed by atoms with van der Waals surface area (Å²) in [4.78, 5) is 2.53. The van der Waals surface area contributed by atoms with Crippen LogP contribution in [0.15, 0.2) is 65.6 Å². The normalized spacial score (nSPS) is 13.8. The number of primary sulfonamides is 1. The second-order valence-corrected chi connectivity index (χ2v) is 8.29. The molecule has 0 radical (unpaired) electrons. The van der Waals surface area contributed by atoms with Gasteiger partial charge < -0.3 is 15.7 Å². The summed E-state index contributed by atoms with van der Waals surface area (Å²) in [5.74, 6) is 0. The average Bonchev–Trinajstić information content (AvgIpc) is 2.68. The zero-order valence-corrected chi connectivity index (χ0v) is 19.2. The van der Waals surface area contributed by atoms with Gasteiger partial charge in [0.05, 0.1) is 18.1 Å². The van der Waals surface area contributed by atoms with Crippen molar-refractivity contribution in [3.05, 3.63) is 66.2 Å². The number of fused-ring (bicyclic) bond motifs is 1. The molecule has 1 fully saturated rings. The largest absolute Gasteiger partial charge is 0.412 e. The Kier molecular flexibility index (Phi) is 11.6. The smallest absolute Gasteiger partial charge is 0.239 e. The average molecular weight is 491 g/mol. The third kappa shape index (κ3) is 6.61. The van der Waals surface area contributed by atoms with Gasteiger partial charge in [-0.25, -0.2) is 13.6 Å². The van der Waals surface area contributed by atoms with E-state index in [1.807, 2.05) is 54.6 Å². The summed E-state index contributed by atoms with van der Waals surface area (Å²) >= 11 is 0. The predicted molar refractivity (Wildman–Crippen MR) is 129 cm³/mol. The second kappa shape index (κ2) is 12.3. The third-order valence-electron chi connectivity index (χ3n) is 4.94. The Morgan fingerprint density at radius 2 is 1.48 bits per heavy atom. The molecule has 7 nitrogen and oxygen atoms in total. The Morgan fingerprint density at radius 1 is 0.871 bits per heavy atom. The van der Waals surface area contributed by atoms with Crippen LogP contribution in [0.3, 0.4) is 0 Å². The molecule has 0 bridgehead atoms. The van der Waals surface area contributed by atoms with E-state index in [0.29, 0.717) is 10.9 Å². The van der Waals surface area contributed by atoms with Crippen molar-refractivity contribution >= 4 is 45.6 Å². The Balaban J connectivity index is 0.00000225. The van der Waals surface area contributed by atoms with Crippen LogP contribution in [-0.4, -0.2) is 50.6 Å². The summed E-state index contributed by atoms with van der Waals surface area (Å²) in [5, 5.41) is 7.07. The molecule has 1 heterocycles. The standard InChI is InChI=1S/C21H22N2O3S.2ClH.2H2O/c22-27(24,25)21-19-4-2-1-3-17(19)9-10-20(21)18-7-5-16(6-8-18)15-23-11-13-26-14-12-23;;;;/h1-10H,11-15H2,(H2,22,24,25);2*1H;2*1H2. The van der Waals surface area contributed by atoms with E-state index in [1.54, 1.807) is 6.07 Å². The van der Waals surface area contributed by atoms with Crippen molar-refractivity contribution in [3.8, 4) is 11.1 Å². The van der Waals surface area contributed by atoms with Gasteiger partial charge in [0.25, 0.3) is 0 Å². The SMILES string of the molecule is Cl.Cl.NS(=O)(=O)c1c(-c2ccc(CN3CCOCC3)cc2)ccc2ccccc12.O.O. The molecule has 3 aromatic carbocycles. The van der Waals surface area contributed by atoms with E-state index in [4.69, 9.17) is 9.88 Å². The fourth-order valence-electron chi connectivity index (χ4n) is 3.58. The number of ether oxygens (including phenoxy) is 1. The molecule has 1 aliphatic heterocycles. The second-order valence-electron chi connectivity index (χ2n) is 6.79. The van der Waals surface area contributed by atoms with Crippen molar-refractivity contribution in [3.63, 3.8) is 0 Å². The van der Waals surface area contributed by atoms with Crippen molar-refractivity contribution in [2.75, 3.05) is 26.3 Å². The molecule has 0 atom stereocenters. The number of benzene rings is 3. The highest BCUT2D eigenvalue weighted by Crippen LogP contribution is 2.33. The maximum atomic E-state index is 12.3. The predicted octanol–water partition coefficient (Wildman–Crippen LogP) is 2.18. The maximum absolute atomic E-state index is 12.3. The van der Waals surface area contributed by atoms with Crippen LogP contribution in [0, 0.1) is 0 Å². The number of sulfonamides is 1. The van der Waals surface area contributed by atoms with Gasteiger partial charge in [-0.3, -0.25) is 4.90 Å². The van der Waals surface area contributed by atoms with E-state index in [0.717, 1.165) is 43.8 Å². The van der Waals surface area contributed by atoms with Crippen LogP contribution in [0.4, 0.5) is 0 Å². The van der Waals surface area contributed by atoms with E-state index in [9.17, 15) is 8.42 Å². The van der Waals surface area contributed by atoms with Gasteiger partial charge in [0.15, 0.2) is 0 Å². The zero-order valence-electron chi connectivity index (χ0n) is 16.8. The van der Waals surface area contributed by atoms with Crippen molar-refractivity contribution < 1.29 is 24.1 Å². The molecule has 4 rings (SSSR count). The summed E-state index contributed by atoms with van der Waals surface area (Å²) in [6.45, 7) is 4.27. The van der Waals surface area contributed by atoms with Crippen LogP contribution in [0.1, 0.15) is 5.56 Å². The molecule has 0 aliphatic carbocycles. The van der Waals surface area contributed by atoms with Crippen LogP contribution in [0.2, 0.25) is 0 Å². The number of halogens is 2. The number of nitrogens with two attached hydrogens (primary N) is 1. The van der Waals surface area contributed by atoms with Crippen molar-refractivity contribution in [1.82, 2.24) is 4.90 Å². The summed E-state index contributed by atoms with van der Waals surface area (Å²) in [7, 11) is -3.86. The van der Waals surface area contributed by atoms with Gasteiger partial charge in [0.2, 0.25) is 10.0 Å². The van der Waals surface area contributed by atoms with Gasteiger partial charge in [0, 0.05) is 30.6 Å². The minimum Gasteiger partial charge on any atom is -0.412 e. The quantitative estimate of drug-likeness (QED) is 0.598. The molecule has 10 heteroatoms. The molecule has 0 amide bonds. The highest BCUT2D eigenvalue weighted by molar-refractivity contribution is 7.89. The molecular formula is C21H28Cl2N2O5S. The van der Waals surface area contributed by atoms with Crippen LogP contribution in [-0.2, 0) is 21.3 Å². The van der Waals surface area contributed by atoms with Crippen molar-refractivity contribution in [1.29, 1.82) is 0 Å². The number of hydrogen-bond donors (Lipinski definition) is 1. The molecule has 172 valence electrons. The fraction of sp³-hybridized carbons (Fsp3) is 0.238. The van der Waals surface area contributed by atoms with Gasteiger partial charge in [-0.05, 0) is 16.5 Å². The molecule has 0 unspecified atom stereocenters. The van der Waals surface area contributed by atoms with Gasteiger partial charge in [-0.1, -0.05) is 60.7 Å². The first-order valence-electron chi connectivity index (χ1n) is 8.96. The summed E-state index contributed by atoms with van der Waals surface area (Å²) in [5.41, 5.74) is 2.67. The lowest BCUT2D eigenvalue weighted by atomic mass is 10.00. The van der Waals surface area contributed by atoms with Gasteiger partial charge in [0.1, 0.15) is 0 Å². The van der Waals surface area contributed by atoms with E-state index in [1.165, 1.54) is 5.56 Å². The van der Waals surface area contributed by atoms with Crippen molar-refractivity contribution in [2.45, 2.75) is 11.4 Å². The lowest BCUT2D eigenvalue weighted by molar-refractivity contribution is 0.0342. The maximum Gasteiger partial charge on any atom is 0.239 e. The van der Waals surface area contributed by atoms with Crippen LogP contribution < -0.4 is 5.14 Å².